The average molecular weight is 802 g/mol. The van der Waals surface area contributed by atoms with Crippen molar-refractivity contribution in [1.82, 2.24) is 25.8 Å². The molecule has 0 aromatic heterocycles. The Bertz CT molecular complexity index is 1610. The third-order valence-corrected chi connectivity index (χ3v) is 10.1. The van der Waals surface area contributed by atoms with Gasteiger partial charge in [0.15, 0.2) is 0 Å². The average Bonchev–Trinajstić information content (AvgIpc) is 3.87. The largest absolute Gasteiger partial charge is 0.376 e. The number of amides is 6. The molecule has 0 radical (unpaired) electrons. The first-order valence-corrected chi connectivity index (χ1v) is 20.0. The van der Waals surface area contributed by atoms with Crippen LogP contribution in [0.1, 0.15) is 51.5 Å². The molecule has 6 amide bonds. The van der Waals surface area contributed by atoms with Crippen LogP contribution in [0.2, 0.25) is 0 Å². The van der Waals surface area contributed by atoms with Crippen LogP contribution in [0.4, 0.5) is 11.4 Å². The summed E-state index contributed by atoms with van der Waals surface area (Å²) < 4.78 is 0. The number of carbonyl (C=O) groups is 6. The van der Waals surface area contributed by atoms with Crippen molar-refractivity contribution in [3.8, 4) is 0 Å². The van der Waals surface area contributed by atoms with Gasteiger partial charge in [-0.25, -0.2) is 0 Å². The topological polar surface area (TPSA) is 186 Å². The second-order valence-corrected chi connectivity index (χ2v) is 15.1. The van der Waals surface area contributed by atoms with Crippen molar-refractivity contribution in [2.45, 2.75) is 76.5 Å². The van der Waals surface area contributed by atoms with Crippen LogP contribution in [-0.2, 0) is 35.2 Å². The maximum atomic E-state index is 13.5. The maximum Gasteiger partial charge on any atom is 0.249 e. The Balaban J connectivity index is 1.26. The number of likely N-dealkylation sites (tertiary alicyclic amines) is 2. The lowest BCUT2D eigenvalue weighted by Gasteiger charge is -2.29. The van der Waals surface area contributed by atoms with Gasteiger partial charge in [-0.1, -0.05) is 44.2 Å². The number of nitrogens with two attached hydrogens (primary N) is 1. The summed E-state index contributed by atoms with van der Waals surface area (Å²) in [6.07, 6.45) is 2.63. The van der Waals surface area contributed by atoms with Gasteiger partial charge < -0.3 is 36.4 Å². The van der Waals surface area contributed by atoms with E-state index in [1.807, 2.05) is 68.4 Å². The zero-order valence-corrected chi connectivity index (χ0v) is 33.1. The molecule has 6 N–H and O–H groups in total. The number of anilines is 2. The fourth-order valence-electron chi connectivity index (χ4n) is 6.98. The van der Waals surface area contributed by atoms with Gasteiger partial charge in [0.05, 0.1) is 19.1 Å². The van der Waals surface area contributed by atoms with E-state index in [1.54, 1.807) is 0 Å². The van der Waals surface area contributed by atoms with Crippen molar-refractivity contribution in [1.29, 1.82) is 0 Å². The SMILES string of the molecule is CC(C)C[C@H](NC(=O)[C@@H]1CCCN1C(=O)[C@H](N)Cc1ccccc1)C(=O)NCC(=O)N1CCC[C@H]1C(=O)NC(=O)CNc1ccc(N(CCCl)CCCl)cc1. The van der Waals surface area contributed by atoms with Crippen LogP contribution < -0.4 is 31.9 Å². The highest BCUT2D eigenvalue weighted by Gasteiger charge is 2.38. The quantitative estimate of drug-likeness (QED) is 0.133. The first kappa shape index (κ1) is 43.3. The lowest BCUT2D eigenvalue weighted by atomic mass is 10.0. The number of alkyl halides is 2. The van der Waals surface area contributed by atoms with E-state index in [2.05, 4.69) is 26.2 Å². The standard InChI is InChI=1S/C39H54Cl2N8O6/c1-26(2)22-31(45-37(53)33-11-7-19-49(33)39(55)30(42)23-27-8-4-3-5-9-27)36(52)44-25-35(51)48-18-6-10-32(48)38(54)46-34(50)24-43-28-12-14-29(15-13-28)47(20-16-40)21-17-41/h3-5,8-9,12-15,26,30-33,43H,6-7,10-11,16-25,42H2,1-2H3,(H,44,52)(H,45,53)(H,46,50,54)/t30-,31+,32+,33+/m1/s1. The summed E-state index contributed by atoms with van der Waals surface area (Å²) in [4.78, 5) is 84.2. The molecule has 0 spiro atoms. The molecule has 0 aliphatic carbocycles. The van der Waals surface area contributed by atoms with Crippen LogP contribution in [0.5, 0.6) is 0 Å². The van der Waals surface area contributed by atoms with Crippen molar-refractivity contribution in [3.63, 3.8) is 0 Å². The molecule has 14 nitrogen and oxygen atoms in total. The van der Waals surface area contributed by atoms with Gasteiger partial charge in [0.2, 0.25) is 35.4 Å². The van der Waals surface area contributed by atoms with Gasteiger partial charge in [0.25, 0.3) is 0 Å². The highest BCUT2D eigenvalue weighted by molar-refractivity contribution is 6.18. The van der Waals surface area contributed by atoms with E-state index < -0.39 is 60.2 Å². The first-order valence-electron chi connectivity index (χ1n) is 18.9. The smallest absolute Gasteiger partial charge is 0.249 e. The molecule has 2 aromatic carbocycles. The Labute approximate surface area is 333 Å². The van der Waals surface area contributed by atoms with Crippen molar-refractivity contribution < 1.29 is 28.8 Å². The van der Waals surface area contributed by atoms with Gasteiger partial charge in [-0.15, -0.1) is 23.2 Å². The van der Waals surface area contributed by atoms with Gasteiger partial charge in [-0.3, -0.25) is 34.1 Å². The summed E-state index contributed by atoms with van der Waals surface area (Å²) in [6.45, 7) is 5.23. The molecular formula is C39H54Cl2N8O6. The lowest BCUT2D eigenvalue weighted by Crippen LogP contribution is -2.56. The maximum absolute atomic E-state index is 13.5. The third-order valence-electron chi connectivity index (χ3n) is 9.74. The van der Waals surface area contributed by atoms with Gasteiger partial charge in [-0.2, -0.15) is 0 Å². The molecule has 55 heavy (non-hydrogen) atoms. The summed E-state index contributed by atoms with van der Waals surface area (Å²) in [7, 11) is 0. The van der Waals surface area contributed by atoms with Crippen LogP contribution in [0.3, 0.4) is 0 Å². The lowest BCUT2D eigenvalue weighted by molar-refractivity contribution is -0.141. The van der Waals surface area contributed by atoms with Crippen LogP contribution in [-0.4, -0.2) is 120 Å². The second-order valence-electron chi connectivity index (χ2n) is 14.3. The fraction of sp³-hybridized carbons (Fsp3) is 0.538. The normalized spacial score (nSPS) is 17.7. The minimum absolute atomic E-state index is 0.0259. The van der Waals surface area contributed by atoms with Gasteiger partial charge in [0.1, 0.15) is 18.1 Å². The number of nitrogens with zero attached hydrogens (tertiary/aromatic N) is 3. The second kappa shape index (κ2) is 21.6. The van der Waals surface area contributed by atoms with E-state index in [1.165, 1.54) is 9.80 Å². The van der Waals surface area contributed by atoms with Gasteiger partial charge >= 0.3 is 0 Å². The fourth-order valence-corrected chi connectivity index (χ4v) is 7.39. The van der Waals surface area contributed by atoms with Crippen molar-refractivity contribution >= 4 is 70.0 Å². The van der Waals surface area contributed by atoms with E-state index in [-0.39, 0.29) is 18.4 Å². The number of hydrogen-bond donors (Lipinski definition) is 5. The molecule has 0 saturated carbocycles. The zero-order chi connectivity index (χ0) is 39.9. The summed E-state index contributed by atoms with van der Waals surface area (Å²) in [5.74, 6) is -2.01. The number of halogens is 2. The summed E-state index contributed by atoms with van der Waals surface area (Å²) in [5.41, 5.74) is 8.81. The highest BCUT2D eigenvalue weighted by Crippen LogP contribution is 2.21. The molecule has 4 rings (SSSR count). The molecule has 2 fully saturated rings. The number of hydrogen-bond acceptors (Lipinski definition) is 9. The van der Waals surface area contributed by atoms with E-state index in [0.717, 1.165) is 11.3 Å². The third kappa shape index (κ3) is 12.8. The van der Waals surface area contributed by atoms with Crippen molar-refractivity contribution in [2.75, 3.05) is 61.2 Å². The first-order chi connectivity index (χ1) is 26.4. The highest BCUT2D eigenvalue weighted by atomic mass is 35.5. The van der Waals surface area contributed by atoms with Crippen LogP contribution in [0.15, 0.2) is 54.6 Å². The number of nitrogens with one attached hydrogen (secondary N) is 4. The number of imide groups is 1. The Morgan fingerprint density at radius 2 is 1.45 bits per heavy atom. The molecule has 300 valence electrons. The molecule has 0 bridgehead atoms. The predicted octanol–water partition coefficient (Wildman–Crippen LogP) is 2.22. The van der Waals surface area contributed by atoms with E-state index >= 15 is 0 Å². The summed E-state index contributed by atoms with van der Waals surface area (Å²) in [6, 6.07) is 13.4. The Morgan fingerprint density at radius 3 is 2.07 bits per heavy atom. The monoisotopic (exact) mass is 800 g/mol. The van der Waals surface area contributed by atoms with E-state index in [9.17, 15) is 28.8 Å². The molecule has 2 heterocycles. The van der Waals surface area contributed by atoms with Crippen molar-refractivity contribution in [3.05, 3.63) is 60.2 Å². The van der Waals surface area contributed by atoms with Crippen molar-refractivity contribution in [2.24, 2.45) is 11.7 Å². The Hall–Kier alpha value is -4.40. The van der Waals surface area contributed by atoms with Crippen LogP contribution in [0.25, 0.3) is 0 Å². The summed E-state index contributed by atoms with van der Waals surface area (Å²) >= 11 is 11.8. The Morgan fingerprint density at radius 1 is 0.836 bits per heavy atom. The zero-order valence-electron chi connectivity index (χ0n) is 31.6. The number of rotatable bonds is 19. The molecule has 16 heteroatoms. The van der Waals surface area contributed by atoms with Gasteiger partial charge in [0, 0.05) is 49.3 Å². The van der Waals surface area contributed by atoms with Gasteiger partial charge in [-0.05, 0) is 74.3 Å². The molecule has 2 aliphatic heterocycles. The molecule has 2 aliphatic rings. The minimum atomic E-state index is -0.954. The molecule has 0 unspecified atom stereocenters. The van der Waals surface area contributed by atoms with E-state index in [0.29, 0.717) is 82.2 Å². The van der Waals surface area contributed by atoms with E-state index in [4.69, 9.17) is 28.9 Å². The Kier molecular flexibility index (Phi) is 17.0. The molecule has 4 atom stereocenters. The molecule has 2 saturated heterocycles. The summed E-state index contributed by atoms with van der Waals surface area (Å²) in [5, 5.41) is 10.8. The predicted molar refractivity (Wildman–Crippen MR) is 214 cm³/mol. The number of benzene rings is 2. The minimum Gasteiger partial charge on any atom is -0.376 e. The molecule has 2 aromatic rings. The molecular weight excluding hydrogens is 747 g/mol. The van der Waals surface area contributed by atoms with Crippen LogP contribution >= 0.6 is 23.2 Å². The van der Waals surface area contributed by atoms with Crippen LogP contribution in [0, 0.1) is 5.92 Å². The number of carbonyl (C=O) groups excluding carboxylic acids is 6.